The second kappa shape index (κ2) is 12.1. The molecule has 0 atom stereocenters. The Hall–Kier alpha value is -1.31. The van der Waals surface area contributed by atoms with Gasteiger partial charge in [0.05, 0.1) is 13.2 Å². The summed E-state index contributed by atoms with van der Waals surface area (Å²) >= 11 is 6.01. The van der Waals surface area contributed by atoms with E-state index in [1.54, 1.807) is 0 Å². The highest BCUT2D eigenvalue weighted by Crippen LogP contribution is 2.11. The van der Waals surface area contributed by atoms with Crippen molar-refractivity contribution in [2.24, 2.45) is 4.99 Å². The van der Waals surface area contributed by atoms with Gasteiger partial charge in [0.2, 0.25) is 0 Å². The molecule has 0 aliphatic carbocycles. The van der Waals surface area contributed by atoms with E-state index in [1.165, 1.54) is 5.56 Å². The minimum Gasteiger partial charge on any atom is -0.392 e. The Bertz CT molecular complexity index is 679. The van der Waals surface area contributed by atoms with Crippen LogP contribution in [0.4, 0.5) is 0 Å². The largest absolute Gasteiger partial charge is 0.392 e. The van der Waals surface area contributed by atoms with Gasteiger partial charge in [0.15, 0.2) is 5.96 Å². The van der Waals surface area contributed by atoms with E-state index < -0.39 is 0 Å². The van der Waals surface area contributed by atoms with Crippen LogP contribution in [0.15, 0.2) is 53.5 Å². The second-order valence-electron chi connectivity index (χ2n) is 5.43. The zero-order chi connectivity index (χ0) is 17.2. The third kappa shape index (κ3) is 7.63. The zero-order valence-corrected chi connectivity index (χ0v) is 17.4. The predicted octanol–water partition coefficient (Wildman–Crippen LogP) is 3.75. The van der Waals surface area contributed by atoms with Gasteiger partial charge in [0, 0.05) is 18.1 Å². The highest BCUT2D eigenvalue weighted by molar-refractivity contribution is 14.0. The molecular formula is C19H25ClIN3O. The van der Waals surface area contributed by atoms with E-state index in [2.05, 4.69) is 21.7 Å². The molecule has 0 aliphatic rings. The van der Waals surface area contributed by atoms with Crippen molar-refractivity contribution >= 4 is 41.5 Å². The molecule has 25 heavy (non-hydrogen) atoms. The van der Waals surface area contributed by atoms with Crippen LogP contribution >= 0.6 is 35.6 Å². The smallest absolute Gasteiger partial charge is 0.191 e. The molecule has 0 amide bonds. The molecule has 0 aromatic heterocycles. The number of aliphatic hydroxyl groups is 1. The van der Waals surface area contributed by atoms with Gasteiger partial charge < -0.3 is 15.7 Å². The molecule has 0 heterocycles. The number of rotatable bonds is 7. The summed E-state index contributed by atoms with van der Waals surface area (Å²) in [6, 6.07) is 15.7. The van der Waals surface area contributed by atoms with Gasteiger partial charge in [-0.2, -0.15) is 0 Å². The minimum atomic E-state index is 0. The lowest BCUT2D eigenvalue weighted by Crippen LogP contribution is -2.38. The number of nitrogens with zero attached hydrogens (tertiary/aromatic N) is 1. The van der Waals surface area contributed by atoms with Gasteiger partial charge in [-0.15, -0.1) is 24.0 Å². The number of guanidine groups is 1. The molecule has 0 saturated heterocycles. The Morgan fingerprint density at radius 1 is 1.08 bits per heavy atom. The lowest BCUT2D eigenvalue weighted by Gasteiger charge is -2.12. The average molecular weight is 474 g/mol. The number of aliphatic hydroxyl groups excluding tert-OH is 1. The molecule has 4 nitrogen and oxygen atoms in total. The van der Waals surface area contributed by atoms with Crippen molar-refractivity contribution in [3.8, 4) is 0 Å². The van der Waals surface area contributed by atoms with E-state index in [0.29, 0.717) is 6.54 Å². The topological polar surface area (TPSA) is 56.7 Å². The average Bonchev–Trinajstić information content (AvgIpc) is 2.60. The van der Waals surface area contributed by atoms with Gasteiger partial charge in [-0.3, -0.25) is 0 Å². The monoisotopic (exact) mass is 473 g/mol. The summed E-state index contributed by atoms with van der Waals surface area (Å²) in [5.41, 5.74) is 3.14. The lowest BCUT2D eigenvalue weighted by molar-refractivity contribution is 0.280. The molecule has 2 aromatic carbocycles. The van der Waals surface area contributed by atoms with Crippen LogP contribution in [-0.4, -0.2) is 24.2 Å². The number of halogens is 2. The van der Waals surface area contributed by atoms with Gasteiger partial charge in [0.1, 0.15) is 0 Å². The first-order valence-electron chi connectivity index (χ1n) is 8.17. The van der Waals surface area contributed by atoms with Crippen molar-refractivity contribution in [2.75, 3.05) is 13.1 Å². The van der Waals surface area contributed by atoms with Crippen LogP contribution in [0.1, 0.15) is 23.6 Å². The summed E-state index contributed by atoms with van der Waals surface area (Å²) in [5.74, 6) is 0.771. The third-order valence-electron chi connectivity index (χ3n) is 3.64. The Morgan fingerprint density at radius 2 is 1.84 bits per heavy atom. The molecule has 2 aromatic rings. The second-order valence-corrected chi connectivity index (χ2v) is 5.87. The Morgan fingerprint density at radius 3 is 2.52 bits per heavy atom. The van der Waals surface area contributed by atoms with Crippen LogP contribution in [0.3, 0.4) is 0 Å². The lowest BCUT2D eigenvalue weighted by atomic mass is 10.1. The first kappa shape index (κ1) is 21.7. The minimum absolute atomic E-state index is 0. The van der Waals surface area contributed by atoms with Crippen molar-refractivity contribution < 1.29 is 5.11 Å². The summed E-state index contributed by atoms with van der Waals surface area (Å²) in [5, 5.41) is 16.7. The Labute approximate surface area is 171 Å². The number of hydrogen-bond acceptors (Lipinski definition) is 2. The Kier molecular flexibility index (Phi) is 10.5. The van der Waals surface area contributed by atoms with Crippen LogP contribution in [0, 0.1) is 0 Å². The molecule has 6 heteroatoms. The summed E-state index contributed by atoms with van der Waals surface area (Å²) in [7, 11) is 0. The Balaban J connectivity index is 0.00000312. The molecule has 136 valence electrons. The van der Waals surface area contributed by atoms with Crippen molar-refractivity contribution in [1.82, 2.24) is 10.6 Å². The van der Waals surface area contributed by atoms with E-state index in [1.807, 2.05) is 49.4 Å². The van der Waals surface area contributed by atoms with Gasteiger partial charge in [-0.25, -0.2) is 4.99 Å². The fourth-order valence-corrected chi connectivity index (χ4v) is 2.60. The van der Waals surface area contributed by atoms with Gasteiger partial charge >= 0.3 is 0 Å². The maximum absolute atomic E-state index is 9.39. The number of benzene rings is 2. The van der Waals surface area contributed by atoms with Gasteiger partial charge in [0.25, 0.3) is 0 Å². The molecule has 0 fully saturated rings. The quantitative estimate of drug-likeness (QED) is 0.326. The molecule has 0 bridgehead atoms. The van der Waals surface area contributed by atoms with E-state index in [-0.39, 0.29) is 30.6 Å². The summed E-state index contributed by atoms with van der Waals surface area (Å²) in [6.45, 7) is 4.17. The van der Waals surface area contributed by atoms with Crippen molar-refractivity contribution in [3.63, 3.8) is 0 Å². The van der Waals surface area contributed by atoms with E-state index in [0.717, 1.165) is 41.6 Å². The molecule has 0 saturated carbocycles. The highest BCUT2D eigenvalue weighted by Gasteiger charge is 2.02. The van der Waals surface area contributed by atoms with E-state index >= 15 is 0 Å². The summed E-state index contributed by atoms with van der Waals surface area (Å²) in [4.78, 5) is 4.60. The van der Waals surface area contributed by atoms with Gasteiger partial charge in [-0.05, 0) is 42.2 Å². The number of hydrogen-bond donors (Lipinski definition) is 3. The normalized spacial score (nSPS) is 10.9. The predicted molar refractivity (Wildman–Crippen MR) is 116 cm³/mol. The zero-order valence-electron chi connectivity index (χ0n) is 14.3. The van der Waals surface area contributed by atoms with E-state index in [9.17, 15) is 5.11 Å². The first-order chi connectivity index (χ1) is 11.7. The number of aliphatic imine (C=N–C) groups is 1. The SMILES string of the molecule is CCNC(=NCc1ccccc1CO)NCCc1cccc(Cl)c1.I. The molecule has 2 rings (SSSR count). The summed E-state index contributed by atoms with van der Waals surface area (Å²) in [6.07, 6.45) is 0.873. The van der Waals surface area contributed by atoms with Crippen molar-refractivity contribution in [2.45, 2.75) is 26.5 Å². The maximum Gasteiger partial charge on any atom is 0.191 e. The first-order valence-corrected chi connectivity index (χ1v) is 8.55. The summed E-state index contributed by atoms with van der Waals surface area (Å²) < 4.78 is 0. The molecule has 0 aliphatic heterocycles. The van der Waals surface area contributed by atoms with Gasteiger partial charge in [-0.1, -0.05) is 48.0 Å². The van der Waals surface area contributed by atoms with Crippen LogP contribution in [0.5, 0.6) is 0 Å². The van der Waals surface area contributed by atoms with E-state index in [4.69, 9.17) is 11.6 Å². The molecule has 0 radical (unpaired) electrons. The molecular weight excluding hydrogens is 449 g/mol. The maximum atomic E-state index is 9.39. The van der Waals surface area contributed by atoms with Crippen LogP contribution in [-0.2, 0) is 19.6 Å². The fourth-order valence-electron chi connectivity index (χ4n) is 2.39. The van der Waals surface area contributed by atoms with Crippen LogP contribution < -0.4 is 10.6 Å². The number of nitrogens with one attached hydrogen (secondary N) is 2. The molecule has 0 unspecified atom stereocenters. The molecule has 0 spiro atoms. The van der Waals surface area contributed by atoms with Crippen LogP contribution in [0.2, 0.25) is 5.02 Å². The fraction of sp³-hybridized carbons (Fsp3) is 0.316. The standard InChI is InChI=1S/C19H24ClN3O.HI/c1-2-21-19(22-11-10-15-6-5-9-18(20)12-15)23-13-16-7-3-4-8-17(16)14-24;/h3-9,12,24H,2,10-11,13-14H2,1H3,(H2,21,22,23);1H. The van der Waals surface area contributed by atoms with Crippen LogP contribution in [0.25, 0.3) is 0 Å². The van der Waals surface area contributed by atoms with Crippen molar-refractivity contribution in [3.05, 3.63) is 70.2 Å². The van der Waals surface area contributed by atoms with Crippen molar-refractivity contribution in [1.29, 1.82) is 0 Å². The highest BCUT2D eigenvalue weighted by atomic mass is 127. The molecule has 3 N–H and O–H groups in total. The third-order valence-corrected chi connectivity index (χ3v) is 3.87.